The Morgan fingerprint density at radius 3 is 1.75 bits per heavy atom. The van der Waals surface area contributed by atoms with Crippen molar-refractivity contribution in [2.24, 2.45) is 5.41 Å². The Morgan fingerprint density at radius 2 is 1.58 bits per heavy atom. The molecule has 3 N–H and O–H groups in total. The molecule has 0 aliphatic rings. The summed E-state index contributed by atoms with van der Waals surface area (Å²) in [6.07, 6.45) is 2.28. The van der Waals surface area contributed by atoms with Crippen LogP contribution in [0.3, 0.4) is 0 Å². The maximum Gasteiger partial charge on any atom is 0.159 e. The molecule has 0 heterocycles. The lowest BCUT2D eigenvalue weighted by Gasteiger charge is -2.31. The third-order valence-corrected chi connectivity index (χ3v) is 1.96. The van der Waals surface area contributed by atoms with Gasteiger partial charge >= 0.3 is 0 Å². The first kappa shape index (κ1) is 11.4. The maximum absolute atomic E-state index is 9.02. The van der Waals surface area contributed by atoms with E-state index in [1.807, 2.05) is 0 Å². The highest BCUT2D eigenvalue weighted by atomic mass is 16.5. The molecule has 0 aliphatic carbocycles. The molecule has 0 aromatic carbocycles. The standard InChI is InChI=1S/C9H16O3/c1-3-5-9(7-10,6-4-2)8(11)12/h3-4,8,10-12H,1-2,5-7H2. The highest BCUT2D eigenvalue weighted by Gasteiger charge is 2.33. The lowest BCUT2D eigenvalue weighted by molar-refractivity contribution is -0.149. The number of hydrogen-bond donors (Lipinski definition) is 3. The van der Waals surface area contributed by atoms with E-state index >= 15 is 0 Å². The zero-order valence-corrected chi connectivity index (χ0v) is 7.11. The molecule has 0 aromatic heterocycles. The Kier molecular flexibility index (Phi) is 4.81. The van der Waals surface area contributed by atoms with Gasteiger partial charge < -0.3 is 15.3 Å². The number of hydrogen-bond acceptors (Lipinski definition) is 3. The second-order valence-corrected chi connectivity index (χ2v) is 2.88. The van der Waals surface area contributed by atoms with Gasteiger partial charge in [0.1, 0.15) is 0 Å². The Morgan fingerprint density at radius 1 is 1.17 bits per heavy atom. The second kappa shape index (κ2) is 5.09. The van der Waals surface area contributed by atoms with Crippen molar-refractivity contribution in [2.75, 3.05) is 6.61 Å². The summed E-state index contributed by atoms with van der Waals surface area (Å²) in [5, 5.41) is 27.0. The van der Waals surface area contributed by atoms with Crippen molar-refractivity contribution in [2.45, 2.75) is 19.1 Å². The first-order valence-corrected chi connectivity index (χ1v) is 3.81. The van der Waals surface area contributed by atoms with Crippen molar-refractivity contribution in [3.63, 3.8) is 0 Å². The van der Waals surface area contributed by atoms with E-state index in [0.717, 1.165) is 0 Å². The highest BCUT2D eigenvalue weighted by molar-refractivity contribution is 4.92. The first-order valence-electron chi connectivity index (χ1n) is 3.81. The molecule has 70 valence electrons. The number of aliphatic hydroxyl groups excluding tert-OH is 2. The topological polar surface area (TPSA) is 60.7 Å². The van der Waals surface area contributed by atoms with Gasteiger partial charge in [-0.3, -0.25) is 0 Å². The zero-order valence-electron chi connectivity index (χ0n) is 7.11. The lowest BCUT2D eigenvalue weighted by Crippen LogP contribution is -2.37. The van der Waals surface area contributed by atoms with E-state index in [1.54, 1.807) is 12.2 Å². The van der Waals surface area contributed by atoms with E-state index in [-0.39, 0.29) is 6.61 Å². The van der Waals surface area contributed by atoms with Gasteiger partial charge in [0, 0.05) is 0 Å². The summed E-state index contributed by atoms with van der Waals surface area (Å²) in [7, 11) is 0. The molecule has 0 atom stereocenters. The fourth-order valence-corrected chi connectivity index (χ4v) is 1.08. The van der Waals surface area contributed by atoms with Crippen LogP contribution < -0.4 is 0 Å². The Labute approximate surface area is 72.7 Å². The van der Waals surface area contributed by atoms with E-state index < -0.39 is 11.7 Å². The van der Waals surface area contributed by atoms with Crippen molar-refractivity contribution in [3.8, 4) is 0 Å². The Bertz CT molecular complexity index is 142. The van der Waals surface area contributed by atoms with E-state index in [0.29, 0.717) is 12.8 Å². The minimum Gasteiger partial charge on any atom is -0.396 e. The van der Waals surface area contributed by atoms with Gasteiger partial charge in [-0.2, -0.15) is 0 Å². The van der Waals surface area contributed by atoms with Gasteiger partial charge in [0.15, 0.2) is 6.29 Å². The molecule has 0 amide bonds. The predicted molar refractivity (Wildman–Crippen MR) is 47.4 cm³/mol. The fourth-order valence-electron chi connectivity index (χ4n) is 1.08. The fraction of sp³-hybridized carbons (Fsp3) is 0.556. The van der Waals surface area contributed by atoms with E-state index in [4.69, 9.17) is 15.3 Å². The van der Waals surface area contributed by atoms with Crippen LogP contribution in [0.5, 0.6) is 0 Å². The molecule has 0 rings (SSSR count). The zero-order chi connectivity index (χ0) is 9.61. The molecule has 0 spiro atoms. The molecule has 12 heavy (non-hydrogen) atoms. The van der Waals surface area contributed by atoms with Crippen LogP contribution in [-0.2, 0) is 0 Å². The molecule has 3 nitrogen and oxygen atoms in total. The Balaban J connectivity index is 4.48. The molecule has 0 radical (unpaired) electrons. The van der Waals surface area contributed by atoms with E-state index in [2.05, 4.69) is 13.2 Å². The van der Waals surface area contributed by atoms with Crippen LogP contribution in [0.4, 0.5) is 0 Å². The van der Waals surface area contributed by atoms with Gasteiger partial charge in [-0.15, -0.1) is 13.2 Å². The van der Waals surface area contributed by atoms with E-state index in [1.165, 1.54) is 0 Å². The van der Waals surface area contributed by atoms with Gasteiger partial charge in [-0.1, -0.05) is 12.2 Å². The second-order valence-electron chi connectivity index (χ2n) is 2.88. The quantitative estimate of drug-likeness (QED) is 0.402. The minimum atomic E-state index is -1.54. The van der Waals surface area contributed by atoms with Crippen molar-refractivity contribution < 1.29 is 15.3 Å². The third-order valence-electron chi connectivity index (χ3n) is 1.96. The number of aliphatic hydroxyl groups is 3. The SMILES string of the molecule is C=CCC(CO)(CC=C)C(O)O. The van der Waals surface area contributed by atoms with Crippen molar-refractivity contribution >= 4 is 0 Å². The van der Waals surface area contributed by atoms with Crippen LogP contribution in [0, 0.1) is 5.41 Å². The van der Waals surface area contributed by atoms with Gasteiger partial charge in [0.25, 0.3) is 0 Å². The molecule has 0 bridgehead atoms. The lowest BCUT2D eigenvalue weighted by atomic mass is 9.81. The predicted octanol–water partition coefficient (Wildman–Crippen LogP) is 0.428. The third kappa shape index (κ3) is 2.44. The van der Waals surface area contributed by atoms with Crippen LogP contribution in [0.2, 0.25) is 0 Å². The molecule has 3 heteroatoms. The van der Waals surface area contributed by atoms with Crippen LogP contribution >= 0.6 is 0 Å². The number of rotatable bonds is 6. The average Bonchev–Trinajstić information content (AvgIpc) is 2.03. The first-order chi connectivity index (χ1) is 5.63. The van der Waals surface area contributed by atoms with Crippen LogP contribution in [0.1, 0.15) is 12.8 Å². The maximum atomic E-state index is 9.02. The summed E-state index contributed by atoms with van der Waals surface area (Å²) in [6.45, 7) is 6.69. The molecule has 0 aromatic rings. The molecule has 0 unspecified atom stereocenters. The van der Waals surface area contributed by atoms with Crippen molar-refractivity contribution in [1.29, 1.82) is 0 Å². The van der Waals surface area contributed by atoms with Crippen LogP contribution in [0.15, 0.2) is 25.3 Å². The van der Waals surface area contributed by atoms with Gasteiger partial charge in [-0.05, 0) is 12.8 Å². The van der Waals surface area contributed by atoms with Crippen molar-refractivity contribution in [3.05, 3.63) is 25.3 Å². The summed E-state index contributed by atoms with van der Waals surface area (Å²) in [4.78, 5) is 0. The molecular weight excluding hydrogens is 156 g/mol. The average molecular weight is 172 g/mol. The molecule has 0 aliphatic heterocycles. The molecular formula is C9H16O3. The van der Waals surface area contributed by atoms with E-state index in [9.17, 15) is 0 Å². The summed E-state index contributed by atoms with van der Waals surface area (Å²) in [5.74, 6) is 0. The minimum absolute atomic E-state index is 0.289. The molecule has 0 fully saturated rings. The van der Waals surface area contributed by atoms with Gasteiger partial charge in [0.2, 0.25) is 0 Å². The largest absolute Gasteiger partial charge is 0.396 e. The summed E-state index contributed by atoms with van der Waals surface area (Å²) >= 11 is 0. The Hall–Kier alpha value is -0.640. The normalized spacial score (nSPS) is 11.7. The summed E-state index contributed by atoms with van der Waals surface area (Å²) in [5.41, 5.74) is -0.927. The molecule has 0 saturated heterocycles. The summed E-state index contributed by atoms with van der Waals surface area (Å²) in [6, 6.07) is 0. The molecule has 0 saturated carbocycles. The van der Waals surface area contributed by atoms with Gasteiger partial charge in [0.05, 0.1) is 12.0 Å². The smallest absolute Gasteiger partial charge is 0.159 e. The highest BCUT2D eigenvalue weighted by Crippen LogP contribution is 2.30. The van der Waals surface area contributed by atoms with Crippen molar-refractivity contribution in [1.82, 2.24) is 0 Å². The number of allylic oxidation sites excluding steroid dienone is 2. The van der Waals surface area contributed by atoms with Gasteiger partial charge in [-0.25, -0.2) is 0 Å². The van der Waals surface area contributed by atoms with Crippen LogP contribution in [0.25, 0.3) is 0 Å². The van der Waals surface area contributed by atoms with Crippen LogP contribution in [-0.4, -0.2) is 28.2 Å². The summed E-state index contributed by atoms with van der Waals surface area (Å²) < 4.78 is 0. The monoisotopic (exact) mass is 172 g/mol.